The third-order valence-corrected chi connectivity index (χ3v) is 2.76. The van der Waals surface area contributed by atoms with Gasteiger partial charge in [0.2, 0.25) is 0 Å². The van der Waals surface area contributed by atoms with Crippen LogP contribution in [-0.2, 0) is 6.18 Å². The molecule has 0 saturated carbocycles. The van der Waals surface area contributed by atoms with Gasteiger partial charge in [-0.15, -0.1) is 0 Å². The lowest BCUT2D eigenvalue weighted by atomic mass is 10.2. The number of rotatable bonds is 1. The first-order valence-electron chi connectivity index (χ1n) is 5.52. The third-order valence-electron chi connectivity index (χ3n) is 2.76. The number of nitrogens with two attached hydrogens (primary N) is 2. The van der Waals surface area contributed by atoms with Crippen LogP contribution in [0.15, 0.2) is 29.2 Å². The second-order valence-electron chi connectivity index (χ2n) is 4.26. The van der Waals surface area contributed by atoms with E-state index in [0.717, 1.165) is 12.1 Å². The maximum Gasteiger partial charge on any atom is 0.417 e. The highest BCUT2D eigenvalue weighted by atomic mass is 19.4. The van der Waals surface area contributed by atoms with Crippen LogP contribution >= 0.6 is 0 Å². The quantitative estimate of drug-likeness (QED) is 0.470. The van der Waals surface area contributed by atoms with Gasteiger partial charge in [0.1, 0.15) is 0 Å². The number of pyridine rings is 1. The van der Waals surface area contributed by atoms with Crippen molar-refractivity contribution in [1.82, 2.24) is 4.57 Å². The van der Waals surface area contributed by atoms with Gasteiger partial charge in [0.15, 0.2) is 11.5 Å². The van der Waals surface area contributed by atoms with Crippen molar-refractivity contribution >= 4 is 11.4 Å². The van der Waals surface area contributed by atoms with E-state index in [2.05, 4.69) is 0 Å². The molecule has 2 aromatic rings. The molecule has 2 rings (SSSR count). The minimum absolute atomic E-state index is 0.116. The van der Waals surface area contributed by atoms with Gasteiger partial charge in [0.25, 0.3) is 5.56 Å². The van der Waals surface area contributed by atoms with Crippen molar-refractivity contribution in [2.24, 2.45) is 0 Å². The van der Waals surface area contributed by atoms with Gasteiger partial charge in [-0.25, -0.2) is 0 Å². The van der Waals surface area contributed by atoms with Crippen LogP contribution in [0.4, 0.5) is 24.5 Å². The molecule has 0 fully saturated rings. The lowest BCUT2D eigenvalue weighted by Gasteiger charge is -2.13. The maximum absolute atomic E-state index is 12.7. The van der Waals surface area contributed by atoms with Crippen molar-refractivity contribution in [3.63, 3.8) is 0 Å². The van der Waals surface area contributed by atoms with Crippen molar-refractivity contribution in [3.05, 3.63) is 40.3 Å². The number of nitrogens with zero attached hydrogens (tertiary/aromatic N) is 1. The van der Waals surface area contributed by atoms with E-state index in [1.165, 1.54) is 0 Å². The Kier molecular flexibility index (Phi) is 3.20. The van der Waals surface area contributed by atoms with Gasteiger partial charge in [-0.2, -0.15) is 13.2 Å². The summed E-state index contributed by atoms with van der Waals surface area (Å²) in [6.07, 6.45) is -4.24. The number of phenols is 1. The van der Waals surface area contributed by atoms with Gasteiger partial charge < -0.3 is 21.7 Å². The number of hydrogen-bond donors (Lipinski definition) is 4. The van der Waals surface area contributed by atoms with Crippen molar-refractivity contribution in [2.75, 3.05) is 11.5 Å². The van der Waals surface area contributed by atoms with Crippen LogP contribution in [0.5, 0.6) is 11.5 Å². The summed E-state index contributed by atoms with van der Waals surface area (Å²) in [4.78, 5) is 11.8. The minimum Gasteiger partial charge on any atom is -0.504 e. The SMILES string of the molecule is Nc1cc(-n2cc(C(F)(F)F)cc(O)c2=O)cc(N)c1O. The Morgan fingerprint density at radius 1 is 1.05 bits per heavy atom. The molecule has 0 aliphatic heterocycles. The second-order valence-corrected chi connectivity index (χ2v) is 4.26. The zero-order valence-electron chi connectivity index (χ0n) is 10.3. The molecular weight excluding hydrogens is 291 g/mol. The summed E-state index contributed by atoms with van der Waals surface area (Å²) < 4.78 is 38.7. The van der Waals surface area contributed by atoms with Crippen LogP contribution in [-0.4, -0.2) is 14.8 Å². The molecule has 6 N–H and O–H groups in total. The summed E-state index contributed by atoms with van der Waals surface area (Å²) in [5.74, 6) is -1.52. The Labute approximate surface area is 115 Å². The summed E-state index contributed by atoms with van der Waals surface area (Å²) in [6.45, 7) is 0. The Morgan fingerprint density at radius 3 is 2.05 bits per heavy atom. The standard InChI is InChI=1S/C12H10F3N3O3/c13-12(14,15)5-1-9(19)11(21)18(4-5)6-2-7(16)10(20)8(17)3-6/h1-4,19-20H,16-17H2. The molecule has 9 heteroatoms. The molecule has 0 bridgehead atoms. The molecule has 0 unspecified atom stereocenters. The van der Waals surface area contributed by atoms with Crippen LogP contribution in [0.1, 0.15) is 5.56 Å². The molecule has 21 heavy (non-hydrogen) atoms. The smallest absolute Gasteiger partial charge is 0.417 e. The predicted molar refractivity (Wildman–Crippen MR) is 69.2 cm³/mol. The number of nitrogen functional groups attached to an aromatic ring is 2. The van der Waals surface area contributed by atoms with Crippen LogP contribution in [0, 0.1) is 0 Å². The largest absolute Gasteiger partial charge is 0.504 e. The molecular formula is C12H10F3N3O3. The van der Waals surface area contributed by atoms with Crippen LogP contribution in [0.2, 0.25) is 0 Å². The molecule has 6 nitrogen and oxygen atoms in total. The summed E-state index contributed by atoms with van der Waals surface area (Å²) in [7, 11) is 0. The Hall–Kier alpha value is -2.84. The van der Waals surface area contributed by atoms with E-state index < -0.39 is 28.8 Å². The molecule has 0 spiro atoms. The minimum atomic E-state index is -4.75. The average Bonchev–Trinajstić information content (AvgIpc) is 2.37. The first-order chi connectivity index (χ1) is 9.61. The zero-order chi connectivity index (χ0) is 15.9. The van der Waals surface area contributed by atoms with Crippen molar-refractivity contribution in [3.8, 4) is 17.2 Å². The number of benzene rings is 1. The molecule has 112 valence electrons. The van der Waals surface area contributed by atoms with Crippen molar-refractivity contribution in [2.45, 2.75) is 6.18 Å². The fourth-order valence-electron chi connectivity index (χ4n) is 1.72. The lowest BCUT2D eigenvalue weighted by molar-refractivity contribution is -0.138. The lowest BCUT2D eigenvalue weighted by Crippen LogP contribution is -2.21. The number of aromatic hydroxyl groups is 2. The molecule has 1 heterocycles. The van der Waals surface area contributed by atoms with Gasteiger partial charge in [-0.1, -0.05) is 0 Å². The monoisotopic (exact) mass is 301 g/mol. The molecule has 0 saturated heterocycles. The van der Waals surface area contributed by atoms with Crippen LogP contribution in [0.25, 0.3) is 5.69 Å². The molecule has 0 amide bonds. The fraction of sp³-hybridized carbons (Fsp3) is 0.0833. The third kappa shape index (κ3) is 2.57. The molecule has 0 atom stereocenters. The van der Waals surface area contributed by atoms with Crippen molar-refractivity contribution in [1.29, 1.82) is 0 Å². The van der Waals surface area contributed by atoms with Crippen molar-refractivity contribution < 1.29 is 23.4 Å². The maximum atomic E-state index is 12.7. The highest BCUT2D eigenvalue weighted by Gasteiger charge is 2.32. The zero-order valence-corrected chi connectivity index (χ0v) is 10.3. The number of hydrogen-bond acceptors (Lipinski definition) is 5. The first-order valence-corrected chi connectivity index (χ1v) is 5.52. The summed E-state index contributed by atoms with van der Waals surface area (Å²) >= 11 is 0. The normalized spacial score (nSPS) is 11.6. The Bertz CT molecular complexity index is 746. The number of halogens is 3. The molecule has 0 aliphatic carbocycles. The van der Waals surface area contributed by atoms with E-state index in [1.807, 2.05) is 0 Å². The predicted octanol–water partition coefficient (Wildman–Crippen LogP) is 1.43. The summed E-state index contributed by atoms with van der Waals surface area (Å²) in [5, 5.41) is 18.8. The van der Waals surface area contributed by atoms with E-state index in [9.17, 15) is 28.2 Å². The topological polar surface area (TPSA) is 114 Å². The van der Waals surface area contributed by atoms with Crippen LogP contribution < -0.4 is 17.0 Å². The van der Waals surface area contributed by atoms with Gasteiger partial charge in [-0.05, 0) is 18.2 Å². The highest BCUT2D eigenvalue weighted by Crippen LogP contribution is 2.33. The molecule has 0 radical (unpaired) electrons. The highest BCUT2D eigenvalue weighted by molar-refractivity contribution is 5.70. The van der Waals surface area contributed by atoms with Crippen LogP contribution in [0.3, 0.4) is 0 Å². The number of phenolic OH excluding ortho intramolecular Hbond substituents is 1. The van der Waals surface area contributed by atoms with E-state index in [4.69, 9.17) is 11.5 Å². The molecule has 0 aliphatic rings. The van der Waals surface area contributed by atoms with E-state index >= 15 is 0 Å². The average molecular weight is 301 g/mol. The molecule has 1 aromatic carbocycles. The first kappa shape index (κ1) is 14.6. The molecule has 1 aromatic heterocycles. The Balaban J connectivity index is 2.75. The van der Waals surface area contributed by atoms with Gasteiger partial charge in [-0.3, -0.25) is 9.36 Å². The van der Waals surface area contributed by atoms with E-state index in [-0.39, 0.29) is 17.1 Å². The van der Waals surface area contributed by atoms with Gasteiger partial charge >= 0.3 is 6.18 Å². The number of anilines is 2. The summed E-state index contributed by atoms with van der Waals surface area (Å²) in [6, 6.07) is 2.45. The van der Waals surface area contributed by atoms with Gasteiger partial charge in [0.05, 0.1) is 22.6 Å². The number of alkyl halides is 3. The van der Waals surface area contributed by atoms with E-state index in [1.54, 1.807) is 0 Å². The van der Waals surface area contributed by atoms with Gasteiger partial charge in [0, 0.05) is 6.20 Å². The fourth-order valence-corrected chi connectivity index (χ4v) is 1.72. The number of aromatic nitrogens is 1. The second kappa shape index (κ2) is 4.62. The summed E-state index contributed by atoms with van der Waals surface area (Å²) in [5.41, 5.74) is 8.04. The van der Waals surface area contributed by atoms with E-state index in [0.29, 0.717) is 16.8 Å². The Morgan fingerprint density at radius 2 is 1.57 bits per heavy atom.